The first kappa shape index (κ1) is 19.6. The van der Waals surface area contributed by atoms with Crippen LogP contribution >= 0.6 is 11.3 Å². The van der Waals surface area contributed by atoms with Gasteiger partial charge < -0.3 is 9.64 Å². The molecule has 1 fully saturated rings. The lowest BCUT2D eigenvalue weighted by Gasteiger charge is -2.29. The molecule has 0 saturated carbocycles. The lowest BCUT2D eigenvalue weighted by atomic mass is 9.87. The molecule has 0 aliphatic carbocycles. The van der Waals surface area contributed by atoms with Crippen LogP contribution in [0.15, 0.2) is 29.6 Å². The highest BCUT2D eigenvalue weighted by molar-refractivity contribution is 7.12. The SMILES string of the molecule is CC(C)(C)c1ccc(OCc2csc3c2CN([C@H]2CCC(=O)NC2=O)C3=O)cc1.[HH]. The van der Waals surface area contributed by atoms with Gasteiger partial charge >= 0.3 is 0 Å². The number of ether oxygens (including phenoxy) is 1. The topological polar surface area (TPSA) is 75.7 Å². The smallest absolute Gasteiger partial charge is 0.265 e. The fourth-order valence-corrected chi connectivity index (χ4v) is 4.73. The molecule has 3 heterocycles. The highest BCUT2D eigenvalue weighted by atomic mass is 32.1. The van der Waals surface area contributed by atoms with E-state index in [0.717, 1.165) is 16.9 Å². The molecule has 0 radical (unpaired) electrons. The quantitative estimate of drug-likeness (QED) is 0.775. The fraction of sp³-hybridized carbons (Fsp3) is 0.409. The molecule has 7 heteroatoms. The van der Waals surface area contributed by atoms with Crippen molar-refractivity contribution in [3.8, 4) is 5.75 Å². The largest absolute Gasteiger partial charge is 0.489 e. The van der Waals surface area contributed by atoms with Crippen molar-refractivity contribution in [2.45, 2.75) is 58.2 Å². The summed E-state index contributed by atoms with van der Waals surface area (Å²) < 4.78 is 5.95. The van der Waals surface area contributed by atoms with Gasteiger partial charge in [0, 0.05) is 25.5 Å². The lowest BCUT2D eigenvalue weighted by Crippen LogP contribution is -2.52. The molecule has 3 amide bonds. The minimum Gasteiger partial charge on any atom is -0.489 e. The van der Waals surface area contributed by atoms with E-state index in [9.17, 15) is 14.4 Å². The van der Waals surface area contributed by atoms with Crippen molar-refractivity contribution < 1.29 is 20.5 Å². The van der Waals surface area contributed by atoms with Crippen LogP contribution in [0.5, 0.6) is 5.75 Å². The van der Waals surface area contributed by atoms with Crippen molar-refractivity contribution in [3.05, 3.63) is 51.2 Å². The molecule has 4 rings (SSSR count). The van der Waals surface area contributed by atoms with Gasteiger partial charge in [-0.1, -0.05) is 32.9 Å². The minimum absolute atomic E-state index is 0. The van der Waals surface area contributed by atoms with Gasteiger partial charge in [-0.2, -0.15) is 0 Å². The van der Waals surface area contributed by atoms with Gasteiger partial charge in [0.2, 0.25) is 11.8 Å². The summed E-state index contributed by atoms with van der Waals surface area (Å²) >= 11 is 1.39. The van der Waals surface area contributed by atoms with E-state index in [1.54, 1.807) is 4.90 Å². The summed E-state index contributed by atoms with van der Waals surface area (Å²) in [5.74, 6) is -0.0229. The monoisotopic (exact) mass is 414 g/mol. The van der Waals surface area contributed by atoms with Gasteiger partial charge in [0.15, 0.2) is 0 Å². The standard InChI is InChI=1S/C22H24N2O4S.H2/c1-22(2,3)14-4-6-15(7-5-14)28-11-13-12-29-19-16(13)10-24(21(19)27)17-8-9-18(25)23-20(17)26;/h4-7,12,17H,8-11H2,1-3H3,(H,23,25,26);1H/t17-;/m0./s1. The molecule has 2 aliphatic rings. The van der Waals surface area contributed by atoms with E-state index in [-0.39, 0.29) is 31.0 Å². The Hall–Kier alpha value is -2.67. The van der Waals surface area contributed by atoms with Gasteiger partial charge in [-0.25, -0.2) is 0 Å². The van der Waals surface area contributed by atoms with Gasteiger partial charge in [0.05, 0.1) is 4.88 Å². The number of fused-ring (bicyclic) bond motifs is 1. The van der Waals surface area contributed by atoms with Crippen LogP contribution in [0.2, 0.25) is 0 Å². The summed E-state index contributed by atoms with van der Waals surface area (Å²) in [5.41, 5.74) is 3.22. The molecule has 1 aromatic carbocycles. The highest BCUT2D eigenvalue weighted by Gasteiger charge is 2.40. The van der Waals surface area contributed by atoms with Gasteiger partial charge in [0.25, 0.3) is 5.91 Å². The lowest BCUT2D eigenvalue weighted by molar-refractivity contribution is -0.136. The van der Waals surface area contributed by atoms with E-state index in [2.05, 4.69) is 38.2 Å². The molecule has 1 aromatic heterocycles. The Balaban J connectivity index is 0.00000256. The number of rotatable bonds is 4. The van der Waals surface area contributed by atoms with E-state index < -0.39 is 6.04 Å². The van der Waals surface area contributed by atoms with Gasteiger partial charge in [-0.15, -0.1) is 11.3 Å². The molecular weight excluding hydrogens is 388 g/mol. The molecular formula is C22H26N2O4S. The van der Waals surface area contributed by atoms with Crippen molar-refractivity contribution >= 4 is 29.1 Å². The molecule has 0 bridgehead atoms. The number of amides is 3. The summed E-state index contributed by atoms with van der Waals surface area (Å²) in [4.78, 5) is 38.6. The van der Waals surface area contributed by atoms with Crippen molar-refractivity contribution in [3.63, 3.8) is 0 Å². The van der Waals surface area contributed by atoms with Crippen LogP contribution in [-0.2, 0) is 28.2 Å². The minimum atomic E-state index is -0.585. The zero-order valence-electron chi connectivity index (χ0n) is 16.8. The van der Waals surface area contributed by atoms with Crippen LogP contribution in [0.4, 0.5) is 0 Å². The van der Waals surface area contributed by atoms with Crippen LogP contribution in [-0.4, -0.2) is 28.7 Å². The number of imide groups is 1. The van der Waals surface area contributed by atoms with Gasteiger partial charge in [0.1, 0.15) is 18.4 Å². The molecule has 1 N–H and O–H groups in total. The van der Waals surface area contributed by atoms with Crippen molar-refractivity contribution in [1.29, 1.82) is 0 Å². The van der Waals surface area contributed by atoms with Crippen LogP contribution < -0.4 is 10.1 Å². The van der Waals surface area contributed by atoms with Crippen molar-refractivity contribution in [2.75, 3.05) is 0 Å². The maximum absolute atomic E-state index is 12.8. The number of nitrogens with zero attached hydrogens (tertiary/aromatic N) is 1. The zero-order valence-corrected chi connectivity index (χ0v) is 17.6. The normalized spacial score (nSPS) is 19.3. The molecule has 1 atom stereocenters. The third kappa shape index (κ3) is 3.79. The maximum Gasteiger partial charge on any atom is 0.265 e. The van der Waals surface area contributed by atoms with Crippen LogP contribution in [0.25, 0.3) is 0 Å². The zero-order chi connectivity index (χ0) is 20.8. The molecule has 0 spiro atoms. The third-order valence-corrected chi connectivity index (χ3v) is 6.52. The van der Waals surface area contributed by atoms with Gasteiger partial charge in [-0.05, 0) is 34.9 Å². The number of thiophene rings is 1. The average molecular weight is 415 g/mol. The summed E-state index contributed by atoms with van der Waals surface area (Å²) in [6.07, 6.45) is 0.631. The number of carbonyl (C=O) groups is 3. The van der Waals surface area contributed by atoms with Crippen LogP contribution in [0, 0.1) is 0 Å². The number of hydrogen-bond donors (Lipinski definition) is 1. The van der Waals surface area contributed by atoms with Crippen LogP contribution in [0.3, 0.4) is 0 Å². The van der Waals surface area contributed by atoms with Crippen molar-refractivity contribution in [1.82, 2.24) is 10.2 Å². The number of benzene rings is 1. The predicted molar refractivity (Wildman–Crippen MR) is 112 cm³/mol. The van der Waals surface area contributed by atoms with Crippen molar-refractivity contribution in [2.24, 2.45) is 0 Å². The third-order valence-electron chi connectivity index (χ3n) is 5.47. The molecule has 2 aliphatic heterocycles. The van der Waals surface area contributed by atoms with E-state index >= 15 is 0 Å². The van der Waals surface area contributed by atoms with Gasteiger partial charge in [-0.3, -0.25) is 19.7 Å². The first-order valence-corrected chi connectivity index (χ1v) is 10.6. The first-order chi connectivity index (χ1) is 13.7. The second kappa shape index (κ2) is 7.30. The molecule has 6 nitrogen and oxygen atoms in total. The summed E-state index contributed by atoms with van der Waals surface area (Å²) in [6, 6.07) is 7.49. The Morgan fingerprint density at radius 1 is 1.21 bits per heavy atom. The molecule has 0 unspecified atom stereocenters. The number of piperidine rings is 1. The fourth-order valence-electron chi connectivity index (χ4n) is 3.71. The Morgan fingerprint density at radius 3 is 2.59 bits per heavy atom. The highest BCUT2D eigenvalue weighted by Crippen LogP contribution is 2.35. The molecule has 2 aromatic rings. The first-order valence-electron chi connectivity index (χ1n) is 9.71. The average Bonchev–Trinajstić information content (AvgIpc) is 3.20. The Bertz CT molecular complexity index is 978. The Labute approximate surface area is 175 Å². The summed E-state index contributed by atoms with van der Waals surface area (Å²) in [7, 11) is 0. The van der Waals surface area contributed by atoms with Crippen LogP contribution in [0.1, 0.15) is 61.4 Å². The van der Waals surface area contributed by atoms with E-state index in [0.29, 0.717) is 24.4 Å². The number of hydrogen-bond acceptors (Lipinski definition) is 5. The molecule has 154 valence electrons. The summed E-state index contributed by atoms with van der Waals surface area (Å²) in [6.45, 7) is 7.26. The van der Waals surface area contributed by atoms with E-state index in [4.69, 9.17) is 4.74 Å². The maximum atomic E-state index is 12.8. The predicted octanol–water partition coefficient (Wildman–Crippen LogP) is 3.63. The second-order valence-corrected chi connectivity index (χ2v) is 9.41. The van der Waals surface area contributed by atoms with E-state index in [1.807, 2.05) is 17.5 Å². The van der Waals surface area contributed by atoms with E-state index in [1.165, 1.54) is 16.9 Å². The number of carbonyl (C=O) groups excluding carboxylic acids is 3. The second-order valence-electron chi connectivity index (χ2n) is 8.53. The molecule has 1 saturated heterocycles. The molecule has 29 heavy (non-hydrogen) atoms. The Kier molecular flexibility index (Phi) is 4.94. The Morgan fingerprint density at radius 2 is 1.93 bits per heavy atom. The number of nitrogens with one attached hydrogen (secondary N) is 1. The summed E-state index contributed by atoms with van der Waals surface area (Å²) in [5, 5.41) is 4.28.